The average molecular weight is 701 g/mol. The normalized spacial score (nSPS) is 16.8. The summed E-state index contributed by atoms with van der Waals surface area (Å²) >= 11 is 8.57. The van der Waals surface area contributed by atoms with E-state index in [2.05, 4.69) is 82.1 Å². The second-order valence-corrected chi connectivity index (χ2v) is 13.9. The van der Waals surface area contributed by atoms with Crippen molar-refractivity contribution in [1.82, 2.24) is 9.80 Å². The molecule has 50 heavy (non-hydrogen) atoms. The topological polar surface area (TPSA) is 42.0 Å². The van der Waals surface area contributed by atoms with Gasteiger partial charge in [-0.1, -0.05) is 73.1 Å². The van der Waals surface area contributed by atoms with Crippen molar-refractivity contribution < 1.29 is 14.3 Å². The molecule has 2 aliphatic rings. The molecule has 0 spiro atoms. The second-order valence-electron chi connectivity index (χ2n) is 12.4. The van der Waals surface area contributed by atoms with Crippen molar-refractivity contribution in [2.45, 2.75) is 32.4 Å². The predicted octanol–water partition coefficient (Wildman–Crippen LogP) is 9.32. The number of thiophene rings is 1. The van der Waals surface area contributed by atoms with Crippen LogP contribution < -0.4 is 9.47 Å². The molecule has 1 aromatic heterocycles. The minimum atomic E-state index is -0.734. The Kier molecular flexibility index (Phi) is 11.9. The lowest BCUT2D eigenvalue weighted by Gasteiger charge is -2.34. The van der Waals surface area contributed by atoms with Crippen LogP contribution in [0.4, 0.5) is 0 Å². The molecule has 1 aliphatic carbocycles. The smallest absolute Gasteiger partial charge is 0.333 e. The maximum atomic E-state index is 14.4. The first-order valence-corrected chi connectivity index (χ1v) is 18.2. The number of allylic oxidation sites excluding steroid dienone is 3. The summed E-state index contributed by atoms with van der Waals surface area (Å²) in [6, 6.07) is 27.9. The first-order valence-electron chi connectivity index (χ1n) is 16.9. The van der Waals surface area contributed by atoms with E-state index < -0.39 is 12.0 Å². The van der Waals surface area contributed by atoms with Gasteiger partial charge in [0.25, 0.3) is 0 Å². The van der Waals surface area contributed by atoms with Crippen molar-refractivity contribution in [1.29, 1.82) is 0 Å². The maximum Gasteiger partial charge on any atom is 0.333 e. The Morgan fingerprint density at radius 1 is 0.920 bits per heavy atom. The molecule has 0 saturated carbocycles. The highest BCUT2D eigenvalue weighted by Crippen LogP contribution is 2.37. The minimum Gasteiger partial charge on any atom is -0.492 e. The summed E-state index contributed by atoms with van der Waals surface area (Å²) in [5.41, 5.74) is 13.5. The Morgan fingerprint density at radius 2 is 1.68 bits per heavy atom. The number of nitrogens with zero attached hydrogens (tertiary/aromatic N) is 2. The Bertz CT molecular complexity index is 2010. The third-order valence-corrected chi connectivity index (χ3v) is 10.1. The molecule has 4 aromatic rings. The quantitative estimate of drug-likeness (QED) is 0.0638. The number of benzene rings is 3. The van der Waals surface area contributed by atoms with Gasteiger partial charge in [0.05, 0.1) is 5.03 Å². The number of ether oxygens (including phenoxy) is 2. The number of carbonyl (C=O) groups excluding carboxylic acids is 1. The molecule has 0 amide bonds. The number of likely N-dealkylation sites (N-methyl/N-ethyl adjacent to an activating group) is 1. The fourth-order valence-electron chi connectivity index (χ4n) is 6.31. The van der Waals surface area contributed by atoms with Crippen LogP contribution >= 0.6 is 22.9 Å². The van der Waals surface area contributed by atoms with Crippen LogP contribution in [0.5, 0.6) is 11.5 Å². The van der Waals surface area contributed by atoms with Gasteiger partial charge in [0, 0.05) is 30.1 Å². The molecule has 0 bridgehead atoms. The number of esters is 1. The van der Waals surface area contributed by atoms with Gasteiger partial charge in [-0.15, -0.1) is 22.8 Å². The van der Waals surface area contributed by atoms with Gasteiger partial charge < -0.3 is 14.4 Å². The lowest BCUT2D eigenvalue weighted by Crippen LogP contribution is -2.46. The van der Waals surface area contributed by atoms with Crippen molar-refractivity contribution >= 4 is 40.1 Å². The fraction of sp³-hybridized carbons (Fsp3) is 0.233. The van der Waals surface area contributed by atoms with E-state index in [9.17, 15) is 4.79 Å². The van der Waals surface area contributed by atoms with Crippen LogP contribution in [0.2, 0.25) is 0 Å². The van der Waals surface area contributed by atoms with E-state index in [0.29, 0.717) is 36.1 Å². The standard InChI is InChI=1S/C43H41ClN2O3S/c1-4-37(31-13-8-7-9-14-31)41(32-19-21-35(22-20-32)48-27-26-45(2)3)33-15-12-16-36(29-33)49-43(47)42(38-17-10-5-6-11-18-39(38)44)46-25-23-40-34(30-46)24-28-50-40/h5-9,12-22,24,28-29,42H,4,23,25-27,30H2,1-3H3/b39-38-,41-37+/t10?,11?,42-/m0/s1. The van der Waals surface area contributed by atoms with Crippen molar-refractivity contribution in [2.24, 2.45) is 0 Å². The van der Waals surface area contributed by atoms with E-state index in [1.807, 2.05) is 50.5 Å². The Balaban J connectivity index is 1.36. The van der Waals surface area contributed by atoms with E-state index in [-0.39, 0.29) is 0 Å². The van der Waals surface area contributed by atoms with Crippen LogP contribution in [-0.4, -0.2) is 55.6 Å². The van der Waals surface area contributed by atoms with Crippen molar-refractivity contribution in [3.05, 3.63) is 164 Å². The molecule has 3 aromatic carbocycles. The van der Waals surface area contributed by atoms with Gasteiger partial charge in [-0.3, -0.25) is 4.90 Å². The van der Waals surface area contributed by atoms with Gasteiger partial charge in [-0.2, -0.15) is 0 Å². The van der Waals surface area contributed by atoms with Crippen molar-refractivity contribution in [3.63, 3.8) is 0 Å². The van der Waals surface area contributed by atoms with E-state index in [1.165, 1.54) is 16.0 Å². The molecular weight excluding hydrogens is 660 g/mol. The summed E-state index contributed by atoms with van der Waals surface area (Å²) < 4.78 is 12.3. The highest BCUT2D eigenvalue weighted by molar-refractivity contribution is 7.10. The number of halogens is 1. The van der Waals surface area contributed by atoms with Crippen LogP contribution in [0, 0.1) is 0 Å². The van der Waals surface area contributed by atoms with Crippen LogP contribution in [0.25, 0.3) is 11.1 Å². The Morgan fingerprint density at radius 3 is 2.44 bits per heavy atom. The molecular formula is C43H41ClN2O3S. The summed E-state index contributed by atoms with van der Waals surface area (Å²) in [5.74, 6) is 0.895. The Hall–Kier alpha value is -4.64. The molecule has 0 N–H and O–H groups in total. The number of rotatable bonds is 12. The summed E-state index contributed by atoms with van der Waals surface area (Å²) in [7, 11) is 4.07. The monoisotopic (exact) mass is 700 g/mol. The zero-order chi connectivity index (χ0) is 34.9. The first kappa shape index (κ1) is 35.2. The van der Waals surface area contributed by atoms with Gasteiger partial charge in [0.15, 0.2) is 0 Å². The van der Waals surface area contributed by atoms with Gasteiger partial charge in [0.1, 0.15) is 24.1 Å². The van der Waals surface area contributed by atoms with Gasteiger partial charge >= 0.3 is 5.97 Å². The van der Waals surface area contributed by atoms with Crippen molar-refractivity contribution in [2.75, 3.05) is 33.8 Å². The minimum absolute atomic E-state index is 0.395. The largest absolute Gasteiger partial charge is 0.492 e. The van der Waals surface area contributed by atoms with E-state index in [4.69, 9.17) is 21.1 Å². The summed E-state index contributed by atoms with van der Waals surface area (Å²) in [4.78, 5) is 20.0. The molecule has 0 unspecified atom stereocenters. The van der Waals surface area contributed by atoms with Crippen LogP contribution in [0.3, 0.4) is 0 Å². The molecule has 1 atom stereocenters. The van der Waals surface area contributed by atoms with Crippen LogP contribution in [0.15, 0.2) is 137 Å². The number of carbonyl (C=O) groups is 1. The SMILES string of the molecule is CC/C(=C(/c1ccc(OCCN(C)C)cc1)c1cccc(OC(=O)[C@H](/C2=C(\Cl)C=C=CC=C=C2)N2CCc3sccc3C2)c1)c1ccccc1. The average Bonchev–Trinajstić information content (AvgIpc) is 3.59. The summed E-state index contributed by atoms with van der Waals surface area (Å²) in [6.45, 7) is 4.95. The van der Waals surface area contributed by atoms with Crippen LogP contribution in [-0.2, 0) is 17.8 Å². The third kappa shape index (κ3) is 8.56. The van der Waals surface area contributed by atoms with E-state index in [1.54, 1.807) is 35.6 Å². The lowest BCUT2D eigenvalue weighted by atomic mass is 9.88. The highest BCUT2D eigenvalue weighted by atomic mass is 35.5. The zero-order valence-electron chi connectivity index (χ0n) is 28.7. The van der Waals surface area contributed by atoms with Crippen LogP contribution in [0.1, 0.15) is 40.5 Å². The molecule has 6 rings (SSSR count). The molecule has 0 saturated heterocycles. The predicted molar refractivity (Wildman–Crippen MR) is 206 cm³/mol. The number of hydrogen-bond donors (Lipinski definition) is 0. The molecule has 2 heterocycles. The molecule has 7 heteroatoms. The van der Waals surface area contributed by atoms with Crippen molar-refractivity contribution in [3.8, 4) is 11.5 Å². The highest BCUT2D eigenvalue weighted by Gasteiger charge is 2.34. The molecule has 254 valence electrons. The molecule has 0 radical (unpaired) electrons. The zero-order valence-corrected chi connectivity index (χ0v) is 30.3. The molecule has 1 aliphatic heterocycles. The van der Waals surface area contributed by atoms with Gasteiger partial charge in [0.2, 0.25) is 0 Å². The van der Waals surface area contributed by atoms with E-state index >= 15 is 0 Å². The van der Waals surface area contributed by atoms with E-state index in [0.717, 1.165) is 47.4 Å². The maximum absolute atomic E-state index is 14.4. The molecule has 5 nitrogen and oxygen atoms in total. The molecule has 0 fully saturated rings. The second kappa shape index (κ2) is 16.8. The Labute approximate surface area is 304 Å². The summed E-state index contributed by atoms with van der Waals surface area (Å²) in [5, 5.41) is 2.55. The number of hydrogen-bond acceptors (Lipinski definition) is 6. The first-order chi connectivity index (χ1) is 24.4. The third-order valence-electron chi connectivity index (χ3n) is 8.79. The lowest BCUT2D eigenvalue weighted by molar-refractivity contribution is -0.139. The van der Waals surface area contributed by atoms with Gasteiger partial charge in [-0.25, -0.2) is 4.79 Å². The fourth-order valence-corrected chi connectivity index (χ4v) is 7.42. The van der Waals surface area contributed by atoms with Gasteiger partial charge in [-0.05, 0) is 120 Å². The summed E-state index contributed by atoms with van der Waals surface area (Å²) in [6.07, 6.45) is 8.64. The number of fused-ring (bicyclic) bond motifs is 1.